The number of phenolic OH excluding ortho intramolecular Hbond substituents is 4. The zero-order valence-electron chi connectivity index (χ0n) is 20.7. The first kappa shape index (κ1) is 24.2. The van der Waals surface area contributed by atoms with E-state index in [1.165, 1.54) is 0 Å². The van der Waals surface area contributed by atoms with Crippen LogP contribution in [0.5, 0.6) is 23.0 Å². The van der Waals surface area contributed by atoms with Crippen LogP contribution in [0.25, 0.3) is 0 Å². The van der Waals surface area contributed by atoms with Gasteiger partial charge in [-0.3, -0.25) is 0 Å². The Hall–Kier alpha value is -3.92. The summed E-state index contributed by atoms with van der Waals surface area (Å²) in [5.74, 6) is 0.800. The van der Waals surface area contributed by atoms with Gasteiger partial charge in [0.05, 0.1) is 0 Å². The molecule has 0 aliphatic carbocycles. The minimum atomic E-state index is 0.183. The van der Waals surface area contributed by atoms with Crippen LogP contribution < -0.4 is 0 Å². The molecule has 0 aromatic heterocycles. The van der Waals surface area contributed by atoms with Gasteiger partial charge >= 0.3 is 0 Å². The molecule has 0 atom stereocenters. The highest BCUT2D eigenvalue weighted by Crippen LogP contribution is 2.36. The van der Waals surface area contributed by atoms with E-state index in [4.69, 9.17) is 0 Å². The third-order valence-corrected chi connectivity index (χ3v) is 6.80. The highest BCUT2D eigenvalue weighted by atomic mass is 16.3. The first-order valence-electron chi connectivity index (χ1n) is 11.8. The Kier molecular flexibility index (Phi) is 6.74. The van der Waals surface area contributed by atoms with Crippen molar-refractivity contribution >= 4 is 0 Å². The molecule has 180 valence electrons. The zero-order chi connectivity index (χ0) is 25.3. The fraction of sp³-hybridized carbons (Fsp3) is 0.226. The SMILES string of the molecule is Cc1ccc(Cc2c(C)ccc(Cc3ccc(C)c(Cc4ccc(C)cc4O)c3O)c2O)c(O)c1. The van der Waals surface area contributed by atoms with Crippen LogP contribution >= 0.6 is 0 Å². The van der Waals surface area contributed by atoms with E-state index in [1.54, 1.807) is 12.1 Å². The van der Waals surface area contributed by atoms with Gasteiger partial charge in [-0.15, -0.1) is 0 Å². The molecule has 0 spiro atoms. The smallest absolute Gasteiger partial charge is 0.122 e. The molecule has 0 saturated carbocycles. The molecular formula is C31H32O4. The van der Waals surface area contributed by atoms with Crippen LogP contribution in [0.1, 0.15) is 55.6 Å². The van der Waals surface area contributed by atoms with Crippen LogP contribution in [-0.4, -0.2) is 20.4 Å². The second-order valence-corrected chi connectivity index (χ2v) is 9.53. The van der Waals surface area contributed by atoms with Gasteiger partial charge in [0.2, 0.25) is 0 Å². The van der Waals surface area contributed by atoms with Crippen molar-refractivity contribution in [2.45, 2.75) is 47.0 Å². The average Bonchev–Trinajstić information content (AvgIpc) is 2.80. The van der Waals surface area contributed by atoms with Crippen LogP contribution in [0.15, 0.2) is 60.7 Å². The maximum Gasteiger partial charge on any atom is 0.122 e. The third-order valence-electron chi connectivity index (χ3n) is 6.80. The van der Waals surface area contributed by atoms with E-state index in [1.807, 2.05) is 76.2 Å². The molecule has 4 rings (SSSR count). The summed E-state index contributed by atoms with van der Waals surface area (Å²) in [6.45, 7) is 7.74. The standard InChI is InChI=1S/C31H32O4/c1-18-5-9-22(28(32)13-18)16-26-20(3)7-11-24(30(26)34)15-25-12-8-21(4)27(31(25)35)17-23-10-6-19(2)14-29(23)33/h5-14,32-35H,15-17H2,1-4H3. The lowest BCUT2D eigenvalue weighted by Gasteiger charge is -2.17. The highest BCUT2D eigenvalue weighted by Gasteiger charge is 2.17. The monoisotopic (exact) mass is 468 g/mol. The molecule has 35 heavy (non-hydrogen) atoms. The van der Waals surface area contributed by atoms with Crippen molar-refractivity contribution in [3.05, 3.63) is 116 Å². The predicted molar refractivity (Wildman–Crippen MR) is 140 cm³/mol. The Balaban J connectivity index is 1.66. The van der Waals surface area contributed by atoms with Gasteiger partial charge in [0.25, 0.3) is 0 Å². The second-order valence-electron chi connectivity index (χ2n) is 9.53. The van der Waals surface area contributed by atoms with Crippen molar-refractivity contribution in [2.24, 2.45) is 0 Å². The van der Waals surface area contributed by atoms with Crippen molar-refractivity contribution in [1.29, 1.82) is 0 Å². The molecule has 0 unspecified atom stereocenters. The zero-order valence-corrected chi connectivity index (χ0v) is 20.7. The summed E-state index contributed by atoms with van der Waals surface area (Å²) in [5, 5.41) is 43.0. The van der Waals surface area contributed by atoms with Crippen LogP contribution in [0.3, 0.4) is 0 Å². The number of aromatic hydroxyl groups is 4. The normalized spacial score (nSPS) is 11.1. The van der Waals surface area contributed by atoms with E-state index >= 15 is 0 Å². The Bertz CT molecular complexity index is 1290. The minimum Gasteiger partial charge on any atom is -0.508 e. The van der Waals surface area contributed by atoms with Crippen molar-refractivity contribution < 1.29 is 20.4 Å². The van der Waals surface area contributed by atoms with Crippen molar-refractivity contribution in [1.82, 2.24) is 0 Å². The quantitative estimate of drug-likeness (QED) is 0.260. The summed E-state index contributed by atoms with van der Waals surface area (Å²) >= 11 is 0. The Morgan fingerprint density at radius 3 is 1.20 bits per heavy atom. The van der Waals surface area contributed by atoms with E-state index in [0.29, 0.717) is 30.4 Å². The molecule has 0 bridgehead atoms. The van der Waals surface area contributed by atoms with Gasteiger partial charge in [-0.25, -0.2) is 0 Å². The summed E-state index contributed by atoms with van der Waals surface area (Å²) < 4.78 is 0. The fourth-order valence-electron chi connectivity index (χ4n) is 4.54. The van der Waals surface area contributed by atoms with E-state index in [-0.39, 0.29) is 23.0 Å². The highest BCUT2D eigenvalue weighted by molar-refractivity contribution is 5.54. The lowest BCUT2D eigenvalue weighted by molar-refractivity contribution is 0.454. The maximum atomic E-state index is 11.2. The largest absolute Gasteiger partial charge is 0.508 e. The average molecular weight is 469 g/mol. The van der Waals surface area contributed by atoms with Gasteiger partial charge in [-0.1, -0.05) is 48.5 Å². The molecule has 4 N–H and O–H groups in total. The molecule has 0 fully saturated rings. The number of benzene rings is 4. The number of hydrogen-bond acceptors (Lipinski definition) is 4. The fourth-order valence-corrected chi connectivity index (χ4v) is 4.54. The maximum absolute atomic E-state index is 11.2. The summed E-state index contributed by atoms with van der Waals surface area (Å²) in [5.41, 5.74) is 8.28. The molecule has 4 aromatic rings. The van der Waals surface area contributed by atoms with Crippen LogP contribution in [0.2, 0.25) is 0 Å². The van der Waals surface area contributed by atoms with E-state index < -0.39 is 0 Å². The Morgan fingerprint density at radius 1 is 0.457 bits per heavy atom. The molecule has 4 nitrogen and oxygen atoms in total. The number of hydrogen-bond donors (Lipinski definition) is 4. The summed E-state index contributed by atoms with van der Waals surface area (Å²) in [6.07, 6.45) is 1.18. The molecule has 0 saturated heterocycles. The van der Waals surface area contributed by atoms with Gasteiger partial charge in [0.15, 0.2) is 0 Å². The molecule has 0 aliphatic heterocycles. The lowest BCUT2D eigenvalue weighted by Crippen LogP contribution is -2.00. The van der Waals surface area contributed by atoms with Crippen LogP contribution in [-0.2, 0) is 19.3 Å². The Morgan fingerprint density at radius 2 is 0.829 bits per heavy atom. The molecule has 4 aromatic carbocycles. The van der Waals surface area contributed by atoms with Crippen molar-refractivity contribution in [3.63, 3.8) is 0 Å². The Labute approximate surface area is 206 Å². The van der Waals surface area contributed by atoms with Crippen molar-refractivity contribution in [3.8, 4) is 23.0 Å². The second kappa shape index (κ2) is 9.75. The minimum absolute atomic E-state index is 0.183. The third kappa shape index (κ3) is 5.12. The van der Waals surface area contributed by atoms with Crippen LogP contribution in [0.4, 0.5) is 0 Å². The molecule has 4 heteroatoms. The van der Waals surface area contributed by atoms with Gasteiger partial charge in [0.1, 0.15) is 23.0 Å². The van der Waals surface area contributed by atoms with Gasteiger partial charge in [-0.05, 0) is 84.3 Å². The van der Waals surface area contributed by atoms with Gasteiger partial charge in [0, 0.05) is 30.4 Å². The van der Waals surface area contributed by atoms with Gasteiger partial charge in [-0.2, -0.15) is 0 Å². The summed E-state index contributed by atoms with van der Waals surface area (Å²) in [7, 11) is 0. The topological polar surface area (TPSA) is 80.9 Å². The predicted octanol–water partition coefficient (Wildman–Crippen LogP) is 6.52. The van der Waals surface area contributed by atoms with E-state index in [0.717, 1.165) is 44.5 Å². The molecule has 0 radical (unpaired) electrons. The molecule has 0 aliphatic rings. The van der Waals surface area contributed by atoms with E-state index in [2.05, 4.69) is 0 Å². The number of rotatable bonds is 6. The molecular weight excluding hydrogens is 436 g/mol. The summed E-state index contributed by atoms with van der Waals surface area (Å²) in [6, 6.07) is 18.8. The van der Waals surface area contributed by atoms with Crippen LogP contribution in [0, 0.1) is 27.7 Å². The first-order chi connectivity index (χ1) is 16.6. The lowest BCUT2D eigenvalue weighted by atomic mass is 9.91. The molecule has 0 amide bonds. The van der Waals surface area contributed by atoms with Gasteiger partial charge < -0.3 is 20.4 Å². The van der Waals surface area contributed by atoms with E-state index in [9.17, 15) is 20.4 Å². The first-order valence-corrected chi connectivity index (χ1v) is 11.8. The summed E-state index contributed by atoms with van der Waals surface area (Å²) in [4.78, 5) is 0. The number of aryl methyl sites for hydroxylation is 4. The molecule has 0 heterocycles. The number of phenols is 4. The van der Waals surface area contributed by atoms with Crippen molar-refractivity contribution in [2.75, 3.05) is 0 Å².